The number of aryl methyl sites for hydroxylation is 1. The molecule has 0 spiro atoms. The highest BCUT2D eigenvalue weighted by molar-refractivity contribution is 6.04. The summed E-state index contributed by atoms with van der Waals surface area (Å²) < 4.78 is 37.9. The molecular weight excluding hydrogens is 1120 g/mol. The van der Waals surface area contributed by atoms with Gasteiger partial charge in [-0.05, 0) is 186 Å². The number of imidazole rings is 1. The van der Waals surface area contributed by atoms with E-state index in [2.05, 4.69) is 80.8 Å². The van der Waals surface area contributed by atoms with Gasteiger partial charge in [-0.25, -0.2) is 14.6 Å². The van der Waals surface area contributed by atoms with Gasteiger partial charge in [0.2, 0.25) is 0 Å². The number of rotatable bonds is 27. The van der Waals surface area contributed by atoms with Crippen LogP contribution in [0.25, 0.3) is 22.4 Å². The first-order valence-corrected chi connectivity index (χ1v) is 32.0. The zero-order valence-corrected chi connectivity index (χ0v) is 53.6. The van der Waals surface area contributed by atoms with Crippen molar-refractivity contribution in [2.45, 2.75) is 143 Å². The van der Waals surface area contributed by atoms with E-state index in [9.17, 15) is 14.4 Å². The molecule has 0 aliphatic carbocycles. The van der Waals surface area contributed by atoms with Crippen LogP contribution in [0.1, 0.15) is 129 Å². The molecule has 89 heavy (non-hydrogen) atoms. The largest absolute Gasteiger partial charge is 0.493 e. The average molecular weight is 1220 g/mol. The van der Waals surface area contributed by atoms with Crippen LogP contribution in [-0.4, -0.2) is 115 Å². The summed E-state index contributed by atoms with van der Waals surface area (Å²) in [5.74, 6) is 5.58. The molecular formula is C71H93N9O9. The van der Waals surface area contributed by atoms with Crippen LogP contribution in [0.3, 0.4) is 0 Å². The second-order valence-corrected chi connectivity index (χ2v) is 22.9. The maximum Gasteiger partial charge on any atom is 0.319 e. The van der Waals surface area contributed by atoms with Crippen LogP contribution in [0.5, 0.6) is 46.0 Å². The number of ether oxygens (including phenoxy) is 6. The summed E-state index contributed by atoms with van der Waals surface area (Å²) in [4.78, 5) is 47.6. The number of piperidine rings is 2. The Bertz CT molecular complexity index is 3330. The van der Waals surface area contributed by atoms with Gasteiger partial charge in [-0.1, -0.05) is 54.4 Å². The lowest BCUT2D eigenvalue weighted by molar-refractivity contribution is 0.0997. The van der Waals surface area contributed by atoms with E-state index >= 15 is 0 Å². The van der Waals surface area contributed by atoms with Gasteiger partial charge < -0.3 is 69.4 Å². The number of anilines is 3. The summed E-state index contributed by atoms with van der Waals surface area (Å²) in [5, 5.41) is 14.6. The lowest BCUT2D eigenvalue weighted by Crippen LogP contribution is -2.38. The Kier molecular flexibility index (Phi) is 25.2. The molecule has 0 radical (unpaired) electrons. The fraction of sp³-hybridized carbons (Fsp3) is 0.437. The van der Waals surface area contributed by atoms with Crippen LogP contribution >= 0.6 is 0 Å². The molecule has 3 heterocycles. The number of likely N-dealkylation sites (tertiary alicyclic amines) is 2. The zero-order valence-electron chi connectivity index (χ0n) is 53.6. The highest BCUT2D eigenvalue weighted by Gasteiger charge is 2.23. The van der Waals surface area contributed by atoms with E-state index in [1.165, 1.54) is 38.8 Å². The van der Waals surface area contributed by atoms with Gasteiger partial charge in [0.25, 0.3) is 5.91 Å². The second-order valence-electron chi connectivity index (χ2n) is 22.9. The number of nitrogens with zero attached hydrogens (tertiary/aromatic N) is 4. The number of benzene rings is 6. The predicted molar refractivity (Wildman–Crippen MR) is 356 cm³/mol. The van der Waals surface area contributed by atoms with Crippen LogP contribution in [0.15, 0.2) is 127 Å². The summed E-state index contributed by atoms with van der Waals surface area (Å²) in [5.41, 5.74) is 5.27. The fourth-order valence-corrected chi connectivity index (χ4v) is 10.9. The normalized spacial score (nSPS) is 13.9. The van der Waals surface area contributed by atoms with Crippen molar-refractivity contribution < 1.29 is 42.8 Å². The molecule has 0 atom stereocenters. The topological polar surface area (TPSA) is 191 Å². The third kappa shape index (κ3) is 19.5. The minimum absolute atomic E-state index is 0.123. The van der Waals surface area contributed by atoms with Gasteiger partial charge in [-0.2, -0.15) is 0 Å². The Morgan fingerprint density at radius 3 is 1.40 bits per heavy atom. The number of carbonyl (C=O) groups excluding carboxylic acids is 3. The van der Waals surface area contributed by atoms with Crippen LogP contribution in [-0.2, 0) is 7.05 Å². The molecule has 18 nitrogen and oxygen atoms in total. The standard InChI is InChI=1S/C36H47N5O4.C35H46N4O5/c1-6-9-20-41-21-18-29(19-22-41)44-28-13-10-25(11-14-28)35-39-31-24-30(15-16-32(31)40(35)4)45-33-17-12-27(23-34(33)43-5)38-36(42)37-26(7-2)8-3;1-5-8-21-39-22-19-31(20-23-39)43-29-16-11-27(12-17-29)36-34(40)25-9-14-30(15-10-25)44-32-18-13-28(24-33(32)42-4)38-35(41)37-26(6-2)7-3/h10-17,23-24,26,29H,6-9,18-22H2,1-5H3,(H2,37,38,42);9-18,24,26,31H,5-8,19-23H2,1-4H3,(H,36,40)(H2,37,38,41). The van der Waals surface area contributed by atoms with E-state index in [1.807, 2.05) is 75.5 Å². The molecule has 2 fully saturated rings. The third-order valence-corrected chi connectivity index (χ3v) is 16.5. The van der Waals surface area contributed by atoms with Gasteiger partial charge in [-0.15, -0.1) is 0 Å². The van der Waals surface area contributed by atoms with Gasteiger partial charge >= 0.3 is 12.1 Å². The molecule has 2 aliphatic rings. The van der Waals surface area contributed by atoms with Crippen molar-refractivity contribution >= 4 is 46.1 Å². The van der Waals surface area contributed by atoms with Crippen LogP contribution in [0, 0.1) is 0 Å². The van der Waals surface area contributed by atoms with Crippen LogP contribution in [0.2, 0.25) is 0 Å². The summed E-state index contributed by atoms with van der Waals surface area (Å²) in [6, 6.07) is 38.8. The van der Waals surface area contributed by atoms with E-state index < -0.39 is 0 Å². The Morgan fingerprint density at radius 2 is 0.944 bits per heavy atom. The number of aromatic nitrogens is 2. The second kappa shape index (κ2) is 33.8. The van der Waals surface area contributed by atoms with Crippen molar-refractivity contribution in [2.24, 2.45) is 7.05 Å². The van der Waals surface area contributed by atoms with Gasteiger partial charge in [0.15, 0.2) is 23.0 Å². The molecule has 0 bridgehead atoms. The van der Waals surface area contributed by atoms with E-state index in [1.54, 1.807) is 74.9 Å². The van der Waals surface area contributed by atoms with Crippen molar-refractivity contribution in [2.75, 3.05) is 69.4 Å². The highest BCUT2D eigenvalue weighted by Crippen LogP contribution is 2.37. The maximum atomic E-state index is 12.9. The number of carbonyl (C=O) groups is 3. The third-order valence-electron chi connectivity index (χ3n) is 16.5. The summed E-state index contributed by atoms with van der Waals surface area (Å²) in [7, 11) is 5.15. The van der Waals surface area contributed by atoms with E-state index in [4.69, 9.17) is 33.4 Å². The first-order valence-electron chi connectivity index (χ1n) is 32.0. The number of unbranched alkanes of at least 4 members (excludes halogenated alkanes) is 2. The summed E-state index contributed by atoms with van der Waals surface area (Å²) in [6.45, 7) is 19.4. The van der Waals surface area contributed by atoms with Crippen molar-refractivity contribution in [3.8, 4) is 57.4 Å². The fourth-order valence-electron chi connectivity index (χ4n) is 10.9. The molecule has 5 amide bonds. The maximum absolute atomic E-state index is 12.9. The number of methoxy groups -OCH3 is 2. The molecule has 0 unspecified atom stereocenters. The summed E-state index contributed by atoms with van der Waals surface area (Å²) >= 11 is 0. The smallest absolute Gasteiger partial charge is 0.319 e. The molecule has 7 aromatic rings. The van der Waals surface area contributed by atoms with E-state index in [0.29, 0.717) is 57.1 Å². The van der Waals surface area contributed by atoms with Gasteiger partial charge in [0.1, 0.15) is 41.0 Å². The van der Waals surface area contributed by atoms with E-state index in [0.717, 1.165) is 111 Å². The van der Waals surface area contributed by atoms with Crippen LogP contribution < -0.4 is 55.0 Å². The first-order chi connectivity index (χ1) is 43.3. The number of hydrogen-bond donors (Lipinski definition) is 5. The summed E-state index contributed by atoms with van der Waals surface area (Å²) in [6.07, 6.45) is 13.2. The molecule has 0 saturated carbocycles. The molecule has 2 aliphatic heterocycles. The predicted octanol–water partition coefficient (Wildman–Crippen LogP) is 15.7. The number of hydrogen-bond acceptors (Lipinski definition) is 12. The van der Waals surface area contributed by atoms with Crippen LogP contribution in [0.4, 0.5) is 26.7 Å². The molecule has 2 saturated heterocycles. The Labute approximate surface area is 526 Å². The molecule has 6 aromatic carbocycles. The molecule has 9 rings (SSSR count). The van der Waals surface area contributed by atoms with Gasteiger partial charge in [-0.3, -0.25) is 4.79 Å². The molecule has 476 valence electrons. The average Bonchev–Trinajstić information content (AvgIpc) is 2.06. The lowest BCUT2D eigenvalue weighted by atomic mass is 10.1. The number of nitrogens with one attached hydrogen (secondary N) is 5. The Morgan fingerprint density at radius 1 is 0.506 bits per heavy atom. The lowest BCUT2D eigenvalue weighted by Gasteiger charge is -2.32. The first kappa shape index (κ1) is 66.5. The van der Waals surface area contributed by atoms with Crippen molar-refractivity contribution in [1.29, 1.82) is 0 Å². The molecule has 1 aromatic heterocycles. The van der Waals surface area contributed by atoms with Crippen molar-refractivity contribution in [1.82, 2.24) is 30.0 Å². The van der Waals surface area contributed by atoms with Gasteiger partial charge in [0.05, 0.1) is 25.3 Å². The molecule has 5 N–H and O–H groups in total. The quantitative estimate of drug-likeness (QED) is 0.0328. The monoisotopic (exact) mass is 1220 g/mol. The molecule has 18 heteroatoms. The number of amides is 5. The number of fused-ring (bicyclic) bond motifs is 1. The highest BCUT2D eigenvalue weighted by atomic mass is 16.5. The zero-order chi connectivity index (χ0) is 63.1. The Hall–Kier alpha value is -8.48. The van der Waals surface area contributed by atoms with Crippen molar-refractivity contribution in [3.63, 3.8) is 0 Å². The van der Waals surface area contributed by atoms with Gasteiger partial charge in [0, 0.05) is 91.7 Å². The Balaban J connectivity index is 0.000000230. The minimum atomic E-state index is -0.263. The SMILES string of the molecule is CCCCN1CCC(Oc2ccc(-c3nc4cc(Oc5ccc(NC(=O)NC(CC)CC)cc5OC)ccc4n3C)cc2)CC1.CCCCN1CCC(Oc2ccc(NC(=O)c3ccc(Oc4ccc(NC(=O)NC(CC)CC)cc4OC)cc3)cc2)CC1. The van der Waals surface area contributed by atoms with E-state index in [-0.39, 0.29) is 42.3 Å². The minimum Gasteiger partial charge on any atom is -0.493 e. The number of urea groups is 2. The van der Waals surface area contributed by atoms with Crippen molar-refractivity contribution in [3.05, 3.63) is 133 Å².